The van der Waals surface area contributed by atoms with E-state index in [1.54, 1.807) is 6.07 Å². The molecule has 4 aromatic carbocycles. The minimum atomic E-state index is -0.324. The van der Waals surface area contributed by atoms with Crippen molar-refractivity contribution in [3.63, 3.8) is 0 Å². The summed E-state index contributed by atoms with van der Waals surface area (Å²) in [5.41, 5.74) is 8.63. The van der Waals surface area contributed by atoms with Crippen LogP contribution in [0.3, 0.4) is 0 Å². The molecule has 0 radical (unpaired) electrons. The molecule has 0 bridgehead atoms. The number of phenolic OH excluding ortho intramolecular Hbond substituents is 1. The lowest BCUT2D eigenvalue weighted by Crippen LogP contribution is -2.20. The van der Waals surface area contributed by atoms with Gasteiger partial charge >= 0.3 is 0 Å². The van der Waals surface area contributed by atoms with E-state index in [1.165, 1.54) is 5.56 Å². The second-order valence-electron chi connectivity index (χ2n) is 10.9. The van der Waals surface area contributed by atoms with Crippen molar-refractivity contribution in [2.45, 2.75) is 19.3 Å². The molecule has 3 aromatic heterocycles. The molecule has 0 spiro atoms. The number of phenols is 1. The Morgan fingerprint density at radius 1 is 0.634 bits per heavy atom. The zero-order valence-corrected chi connectivity index (χ0v) is 23.0. The molecule has 0 unspecified atom stereocenters. The van der Waals surface area contributed by atoms with Gasteiger partial charge in [0.15, 0.2) is 0 Å². The van der Waals surface area contributed by atoms with Gasteiger partial charge in [0, 0.05) is 27.9 Å². The molecule has 0 saturated carbocycles. The van der Waals surface area contributed by atoms with Crippen molar-refractivity contribution < 1.29 is 5.11 Å². The van der Waals surface area contributed by atoms with Gasteiger partial charge in [-0.25, -0.2) is 4.98 Å². The monoisotopic (exact) mass is 531 g/mol. The van der Waals surface area contributed by atoms with Crippen LogP contribution in [0.1, 0.15) is 25.1 Å². The van der Waals surface area contributed by atoms with E-state index in [9.17, 15) is 5.11 Å². The average molecular weight is 532 g/mol. The van der Waals surface area contributed by atoms with Gasteiger partial charge in [0.25, 0.3) is 0 Å². The van der Waals surface area contributed by atoms with Gasteiger partial charge in [-0.15, -0.1) is 0 Å². The molecule has 0 saturated heterocycles. The summed E-state index contributed by atoms with van der Waals surface area (Å²) in [7, 11) is 0. The summed E-state index contributed by atoms with van der Waals surface area (Å²) in [6, 6.07) is 43.1. The van der Waals surface area contributed by atoms with Crippen molar-refractivity contribution in [3.05, 3.63) is 145 Å². The number of para-hydroxylation sites is 3. The summed E-state index contributed by atoms with van der Waals surface area (Å²) in [4.78, 5) is 9.98. The van der Waals surface area contributed by atoms with Crippen LogP contribution in [0, 0.1) is 0 Å². The Kier molecular flexibility index (Phi) is 5.90. The Hall–Kier alpha value is -5.22. The zero-order chi connectivity index (χ0) is 28.0. The molecule has 0 aliphatic carbocycles. The van der Waals surface area contributed by atoms with Crippen LogP contribution in [0.5, 0.6) is 5.75 Å². The van der Waals surface area contributed by atoms with Gasteiger partial charge in [0.05, 0.1) is 22.6 Å². The van der Waals surface area contributed by atoms with E-state index in [2.05, 4.69) is 103 Å². The largest absolute Gasteiger partial charge is 0.506 e. The highest BCUT2D eigenvalue weighted by Gasteiger charge is 2.26. The highest BCUT2D eigenvalue weighted by Crippen LogP contribution is 2.37. The number of aromatic nitrogens is 3. The second-order valence-corrected chi connectivity index (χ2v) is 10.9. The van der Waals surface area contributed by atoms with Gasteiger partial charge in [0.1, 0.15) is 11.4 Å². The third-order valence-electron chi connectivity index (χ3n) is 8.03. The summed E-state index contributed by atoms with van der Waals surface area (Å²) in [6.45, 7) is 4.44. The van der Waals surface area contributed by atoms with Crippen molar-refractivity contribution >= 4 is 21.9 Å². The minimum Gasteiger partial charge on any atom is -0.506 e. The summed E-state index contributed by atoms with van der Waals surface area (Å²) >= 11 is 0. The first-order valence-corrected chi connectivity index (χ1v) is 13.8. The van der Waals surface area contributed by atoms with E-state index in [0.29, 0.717) is 5.69 Å². The van der Waals surface area contributed by atoms with Crippen LogP contribution in [0.25, 0.3) is 50.0 Å². The maximum atomic E-state index is 10.8. The number of nitrogens with zero attached hydrogens (tertiary/aromatic N) is 3. The van der Waals surface area contributed by atoms with Gasteiger partial charge in [-0.05, 0) is 65.2 Å². The van der Waals surface area contributed by atoms with E-state index in [1.807, 2.05) is 42.6 Å². The lowest BCUT2D eigenvalue weighted by atomic mass is 9.79. The Morgan fingerprint density at radius 2 is 1.39 bits per heavy atom. The number of rotatable bonds is 5. The van der Waals surface area contributed by atoms with Crippen molar-refractivity contribution in [2.24, 2.45) is 0 Å². The van der Waals surface area contributed by atoms with Crippen LogP contribution in [0.2, 0.25) is 0 Å². The number of benzene rings is 4. The first-order valence-electron chi connectivity index (χ1n) is 13.8. The van der Waals surface area contributed by atoms with Crippen molar-refractivity contribution in [3.8, 4) is 33.8 Å². The third-order valence-corrected chi connectivity index (χ3v) is 8.03. The topological polar surface area (TPSA) is 50.9 Å². The number of hydrogen-bond acceptors (Lipinski definition) is 3. The lowest BCUT2D eigenvalue weighted by molar-refractivity contribution is 0.473. The van der Waals surface area contributed by atoms with Crippen LogP contribution in [0.15, 0.2) is 134 Å². The highest BCUT2D eigenvalue weighted by atomic mass is 16.3. The smallest absolute Gasteiger partial charge is 0.146 e. The van der Waals surface area contributed by atoms with Gasteiger partial charge in [0.2, 0.25) is 0 Å². The third kappa shape index (κ3) is 4.25. The number of aromatic hydroxyl groups is 1. The summed E-state index contributed by atoms with van der Waals surface area (Å²) in [5, 5.41) is 12.9. The fraction of sp³-hybridized carbons (Fsp3) is 0.0811. The van der Waals surface area contributed by atoms with Crippen molar-refractivity contribution in [2.75, 3.05) is 0 Å². The average Bonchev–Trinajstić information content (AvgIpc) is 3.35. The predicted octanol–water partition coefficient (Wildman–Crippen LogP) is 8.94. The molecule has 3 heterocycles. The normalized spacial score (nSPS) is 11.8. The number of pyridine rings is 2. The molecule has 0 aliphatic rings. The molecule has 4 heteroatoms. The Balaban J connectivity index is 1.34. The van der Waals surface area contributed by atoms with Crippen LogP contribution < -0.4 is 0 Å². The fourth-order valence-corrected chi connectivity index (χ4v) is 5.70. The van der Waals surface area contributed by atoms with Gasteiger partial charge in [-0.1, -0.05) is 92.7 Å². The Morgan fingerprint density at radius 3 is 2.24 bits per heavy atom. The SMILES string of the molecule is CC(C)(c1cccc(-c2ccc3c4ccccc4n(-c4ccccc4O)c3n2)c1)c1cc(-c2ccccc2)ccn1. The summed E-state index contributed by atoms with van der Waals surface area (Å²) in [6.07, 6.45) is 1.90. The van der Waals surface area contributed by atoms with Crippen LogP contribution >= 0.6 is 0 Å². The van der Waals surface area contributed by atoms with Gasteiger partial charge in [-0.2, -0.15) is 0 Å². The first-order chi connectivity index (χ1) is 20.0. The molecule has 0 amide bonds. The maximum Gasteiger partial charge on any atom is 0.146 e. The van der Waals surface area contributed by atoms with Crippen molar-refractivity contribution in [1.82, 2.24) is 14.5 Å². The van der Waals surface area contributed by atoms with E-state index in [0.717, 1.165) is 50.0 Å². The maximum absolute atomic E-state index is 10.8. The molecule has 0 atom stereocenters. The predicted molar refractivity (Wildman–Crippen MR) is 167 cm³/mol. The molecule has 7 rings (SSSR count). The Labute approximate surface area is 239 Å². The van der Waals surface area contributed by atoms with E-state index in [-0.39, 0.29) is 11.2 Å². The van der Waals surface area contributed by atoms with Crippen LogP contribution in [-0.4, -0.2) is 19.6 Å². The van der Waals surface area contributed by atoms with E-state index in [4.69, 9.17) is 9.97 Å². The fourth-order valence-electron chi connectivity index (χ4n) is 5.70. The lowest BCUT2D eigenvalue weighted by Gasteiger charge is -2.26. The van der Waals surface area contributed by atoms with Crippen molar-refractivity contribution in [1.29, 1.82) is 0 Å². The molecule has 4 nitrogen and oxygen atoms in total. The van der Waals surface area contributed by atoms with E-state index >= 15 is 0 Å². The second kappa shape index (κ2) is 9.76. The van der Waals surface area contributed by atoms with Crippen LogP contribution in [0.4, 0.5) is 0 Å². The summed E-state index contributed by atoms with van der Waals surface area (Å²) in [5.74, 6) is 0.219. The molecule has 7 aromatic rings. The van der Waals surface area contributed by atoms with Crippen LogP contribution in [-0.2, 0) is 5.41 Å². The zero-order valence-electron chi connectivity index (χ0n) is 23.0. The molecule has 0 fully saturated rings. The molecular weight excluding hydrogens is 502 g/mol. The molecule has 1 N–H and O–H groups in total. The standard InChI is InChI=1S/C37H29N3O/c1-37(2,35-24-26(21-22-38-35)25-11-4-3-5-12-25)28-14-10-13-27(23-28)31-20-19-30-29-15-6-7-16-32(29)40(36(30)39-31)33-17-8-9-18-34(33)41/h3-24,41H,1-2H3. The molecule has 198 valence electrons. The van der Waals surface area contributed by atoms with E-state index < -0.39 is 0 Å². The molecule has 41 heavy (non-hydrogen) atoms. The molecular formula is C37H29N3O. The van der Waals surface area contributed by atoms with Gasteiger partial charge < -0.3 is 5.11 Å². The highest BCUT2D eigenvalue weighted by molar-refractivity contribution is 6.08. The summed E-state index contributed by atoms with van der Waals surface area (Å²) < 4.78 is 2.05. The first kappa shape index (κ1) is 24.8. The quantitative estimate of drug-likeness (QED) is 0.241. The van der Waals surface area contributed by atoms with Gasteiger partial charge in [-0.3, -0.25) is 9.55 Å². The molecule has 0 aliphatic heterocycles. The Bertz CT molecular complexity index is 2040. The number of hydrogen-bond donors (Lipinski definition) is 1. The number of fused-ring (bicyclic) bond motifs is 3. The minimum absolute atomic E-state index is 0.219.